The van der Waals surface area contributed by atoms with Crippen LogP contribution in [0.5, 0.6) is 0 Å². The summed E-state index contributed by atoms with van der Waals surface area (Å²) >= 11 is 1.53. The number of hydrogen-bond donors (Lipinski definition) is 2. The van der Waals surface area contributed by atoms with Crippen molar-refractivity contribution in [3.63, 3.8) is 0 Å². The van der Waals surface area contributed by atoms with E-state index in [0.717, 1.165) is 17.0 Å². The Balaban J connectivity index is 1.98. The second kappa shape index (κ2) is 7.90. The Hall–Kier alpha value is -2.81. The number of halogens is 3. The van der Waals surface area contributed by atoms with E-state index in [2.05, 4.69) is 0 Å². The standard InChI is InChI=1S/C20H20F3N3O2S/c21-20(22,23)14-3-1-4-15(9-14)26-11-13(17(24)27)10-19(12-26,18(25)28)7-6-16-5-2-8-29-16/h1-5,8-9,11H,6-7,10,12H2,(H2,24,27)(H2,25,28). The van der Waals surface area contributed by atoms with E-state index in [-0.39, 0.29) is 24.2 Å². The topological polar surface area (TPSA) is 89.4 Å². The molecule has 1 aromatic heterocycles. The van der Waals surface area contributed by atoms with Crippen molar-refractivity contribution in [2.75, 3.05) is 11.4 Å². The zero-order valence-electron chi connectivity index (χ0n) is 15.4. The average molecular weight is 423 g/mol. The smallest absolute Gasteiger partial charge is 0.369 e. The van der Waals surface area contributed by atoms with Crippen molar-refractivity contribution >= 4 is 28.8 Å². The highest BCUT2D eigenvalue weighted by atomic mass is 32.1. The molecule has 2 aromatic rings. The van der Waals surface area contributed by atoms with Gasteiger partial charge in [0, 0.05) is 28.9 Å². The molecule has 0 spiro atoms. The van der Waals surface area contributed by atoms with Crippen molar-refractivity contribution in [3.8, 4) is 0 Å². The van der Waals surface area contributed by atoms with Gasteiger partial charge >= 0.3 is 6.18 Å². The third-order valence-electron chi connectivity index (χ3n) is 5.09. The van der Waals surface area contributed by atoms with Crippen LogP contribution in [0.2, 0.25) is 0 Å². The van der Waals surface area contributed by atoms with Crippen molar-refractivity contribution in [1.82, 2.24) is 0 Å². The minimum absolute atomic E-state index is 0.0541. The van der Waals surface area contributed by atoms with E-state index >= 15 is 0 Å². The van der Waals surface area contributed by atoms with Gasteiger partial charge in [-0.05, 0) is 48.9 Å². The van der Waals surface area contributed by atoms with E-state index in [0.29, 0.717) is 12.8 Å². The first-order chi connectivity index (χ1) is 13.6. The zero-order chi connectivity index (χ0) is 21.2. The first kappa shape index (κ1) is 20.9. The number of amides is 2. The fourth-order valence-corrected chi connectivity index (χ4v) is 4.19. The molecular formula is C20H20F3N3O2S. The molecule has 0 bridgehead atoms. The van der Waals surface area contributed by atoms with Crippen LogP contribution in [-0.4, -0.2) is 18.4 Å². The number of hydrogen-bond acceptors (Lipinski definition) is 4. The van der Waals surface area contributed by atoms with E-state index in [9.17, 15) is 22.8 Å². The van der Waals surface area contributed by atoms with Gasteiger partial charge in [0.2, 0.25) is 11.8 Å². The summed E-state index contributed by atoms with van der Waals surface area (Å²) in [5, 5.41) is 1.91. The SMILES string of the molecule is NC(=O)C1=CN(c2cccc(C(F)(F)F)c2)CC(CCc2cccs2)(C(N)=O)C1. The number of anilines is 1. The molecule has 1 unspecified atom stereocenters. The molecular weight excluding hydrogens is 403 g/mol. The summed E-state index contributed by atoms with van der Waals surface area (Å²) in [5.41, 5.74) is 9.59. The number of nitrogens with zero attached hydrogens (tertiary/aromatic N) is 1. The first-order valence-electron chi connectivity index (χ1n) is 8.87. The summed E-state index contributed by atoms with van der Waals surface area (Å²) in [6.45, 7) is 0.0613. The molecule has 29 heavy (non-hydrogen) atoms. The Bertz CT molecular complexity index is 941. The molecule has 4 N–H and O–H groups in total. The van der Waals surface area contributed by atoms with Gasteiger partial charge in [0.1, 0.15) is 0 Å². The van der Waals surface area contributed by atoms with Gasteiger partial charge < -0.3 is 16.4 Å². The van der Waals surface area contributed by atoms with Gasteiger partial charge in [-0.15, -0.1) is 11.3 Å². The second-order valence-electron chi connectivity index (χ2n) is 7.10. The normalized spacial score (nSPS) is 19.7. The van der Waals surface area contributed by atoms with Crippen LogP contribution in [0.4, 0.5) is 18.9 Å². The van der Waals surface area contributed by atoms with Crippen molar-refractivity contribution in [2.45, 2.75) is 25.4 Å². The molecule has 1 atom stereocenters. The number of carbonyl (C=O) groups is 2. The summed E-state index contributed by atoms with van der Waals surface area (Å²) in [7, 11) is 0. The number of aryl methyl sites for hydroxylation is 1. The number of rotatable bonds is 6. The van der Waals surface area contributed by atoms with Crippen LogP contribution in [0.25, 0.3) is 0 Å². The van der Waals surface area contributed by atoms with Crippen molar-refractivity contribution in [2.24, 2.45) is 16.9 Å². The molecule has 0 aliphatic carbocycles. The highest BCUT2D eigenvalue weighted by molar-refractivity contribution is 7.09. The predicted molar refractivity (Wildman–Crippen MR) is 105 cm³/mol. The molecule has 1 aliphatic heterocycles. The third-order valence-corrected chi connectivity index (χ3v) is 6.02. The Morgan fingerprint density at radius 2 is 1.93 bits per heavy atom. The Morgan fingerprint density at radius 1 is 1.17 bits per heavy atom. The van der Waals surface area contributed by atoms with Gasteiger partial charge in [-0.1, -0.05) is 12.1 Å². The van der Waals surface area contributed by atoms with E-state index in [4.69, 9.17) is 11.5 Å². The molecule has 3 rings (SSSR count). The monoisotopic (exact) mass is 423 g/mol. The first-order valence-corrected chi connectivity index (χ1v) is 9.75. The Labute approximate surface area is 169 Å². The van der Waals surface area contributed by atoms with Gasteiger partial charge in [-0.3, -0.25) is 9.59 Å². The minimum Gasteiger partial charge on any atom is -0.369 e. The van der Waals surface area contributed by atoms with Gasteiger partial charge in [-0.2, -0.15) is 13.2 Å². The summed E-state index contributed by atoms with van der Waals surface area (Å²) < 4.78 is 39.4. The number of primary amides is 2. The molecule has 1 aliphatic rings. The lowest BCUT2D eigenvalue weighted by atomic mass is 9.74. The van der Waals surface area contributed by atoms with Crippen LogP contribution in [0.1, 0.15) is 23.3 Å². The minimum atomic E-state index is -4.51. The Morgan fingerprint density at radius 3 is 2.52 bits per heavy atom. The number of alkyl halides is 3. The molecule has 9 heteroatoms. The van der Waals surface area contributed by atoms with Gasteiger partial charge in [-0.25, -0.2) is 0 Å². The van der Waals surface area contributed by atoms with Crippen LogP contribution in [0, 0.1) is 5.41 Å². The molecule has 0 saturated heterocycles. The summed E-state index contributed by atoms with van der Waals surface area (Å²) in [4.78, 5) is 26.8. The number of thiophene rings is 1. The lowest BCUT2D eigenvalue weighted by Gasteiger charge is -2.40. The van der Waals surface area contributed by atoms with Crippen LogP contribution >= 0.6 is 11.3 Å². The molecule has 0 fully saturated rings. The van der Waals surface area contributed by atoms with E-state index in [1.54, 1.807) is 0 Å². The molecule has 1 aromatic carbocycles. The summed E-state index contributed by atoms with van der Waals surface area (Å²) in [5.74, 6) is -1.35. The maximum absolute atomic E-state index is 13.1. The third kappa shape index (κ3) is 4.61. The fraction of sp³-hybridized carbons (Fsp3) is 0.300. The van der Waals surface area contributed by atoms with Crippen molar-refractivity contribution in [1.29, 1.82) is 0 Å². The quantitative estimate of drug-likeness (QED) is 0.746. The van der Waals surface area contributed by atoms with Crippen molar-refractivity contribution < 1.29 is 22.8 Å². The van der Waals surface area contributed by atoms with E-state index < -0.39 is 29.0 Å². The number of nitrogens with two attached hydrogens (primary N) is 2. The molecule has 2 amide bonds. The lowest BCUT2D eigenvalue weighted by molar-refractivity contribution is -0.137. The second-order valence-corrected chi connectivity index (χ2v) is 8.13. The van der Waals surface area contributed by atoms with Crippen molar-refractivity contribution in [3.05, 3.63) is 64.0 Å². The molecule has 5 nitrogen and oxygen atoms in total. The predicted octanol–water partition coefficient (Wildman–Crippen LogP) is 3.45. The summed E-state index contributed by atoms with van der Waals surface area (Å²) in [6.07, 6.45) is -2.14. The number of benzene rings is 1. The highest BCUT2D eigenvalue weighted by Gasteiger charge is 2.43. The van der Waals surface area contributed by atoms with Crippen LogP contribution in [-0.2, 0) is 22.2 Å². The van der Waals surface area contributed by atoms with Gasteiger partial charge in [0.25, 0.3) is 0 Å². The maximum atomic E-state index is 13.1. The number of carbonyl (C=O) groups excluding carboxylic acids is 2. The zero-order valence-corrected chi connectivity index (χ0v) is 16.2. The average Bonchev–Trinajstić information content (AvgIpc) is 3.19. The van der Waals surface area contributed by atoms with Crippen LogP contribution < -0.4 is 16.4 Å². The molecule has 154 valence electrons. The van der Waals surface area contributed by atoms with Gasteiger partial charge in [0.05, 0.1) is 11.0 Å². The van der Waals surface area contributed by atoms with Crippen LogP contribution in [0.3, 0.4) is 0 Å². The fourth-order valence-electron chi connectivity index (χ4n) is 3.48. The molecule has 0 radical (unpaired) electrons. The highest BCUT2D eigenvalue weighted by Crippen LogP contribution is 2.40. The Kier molecular flexibility index (Phi) is 5.70. The molecule has 2 heterocycles. The largest absolute Gasteiger partial charge is 0.416 e. The summed E-state index contributed by atoms with van der Waals surface area (Å²) in [6, 6.07) is 8.53. The van der Waals surface area contributed by atoms with Gasteiger partial charge in [0.15, 0.2) is 0 Å². The molecule has 0 saturated carbocycles. The van der Waals surface area contributed by atoms with E-state index in [1.807, 2.05) is 17.5 Å². The maximum Gasteiger partial charge on any atom is 0.416 e. The van der Waals surface area contributed by atoms with Crippen LogP contribution in [0.15, 0.2) is 53.6 Å². The van der Waals surface area contributed by atoms with E-state index in [1.165, 1.54) is 34.6 Å². The lowest BCUT2D eigenvalue weighted by Crippen LogP contribution is -2.49.